The molecule has 0 aliphatic rings. The molecule has 0 unspecified atom stereocenters. The van der Waals surface area contributed by atoms with Crippen molar-refractivity contribution in [2.75, 3.05) is 12.4 Å². The van der Waals surface area contributed by atoms with Crippen LogP contribution in [0.3, 0.4) is 0 Å². The maximum Gasteiger partial charge on any atom is 0.273 e. The van der Waals surface area contributed by atoms with Crippen LogP contribution in [0, 0.1) is 0 Å². The molecule has 29 heavy (non-hydrogen) atoms. The zero-order chi connectivity index (χ0) is 20.6. The number of rotatable bonds is 6. The second-order valence-electron chi connectivity index (χ2n) is 5.98. The summed E-state index contributed by atoms with van der Waals surface area (Å²) >= 11 is 3.34. The van der Waals surface area contributed by atoms with Gasteiger partial charge in [0.15, 0.2) is 0 Å². The van der Waals surface area contributed by atoms with Crippen LogP contribution in [-0.4, -0.2) is 25.1 Å². The monoisotopic (exact) mass is 451 g/mol. The molecule has 0 aliphatic heterocycles. The summed E-state index contributed by atoms with van der Waals surface area (Å²) < 4.78 is 5.90. The Morgan fingerprint density at radius 1 is 0.966 bits per heavy atom. The quantitative estimate of drug-likeness (QED) is 0.428. The molecular formula is C22H18BrN3O3. The number of carbonyl (C=O) groups excluding carboxylic acids is 2. The van der Waals surface area contributed by atoms with Crippen LogP contribution >= 0.6 is 15.9 Å². The molecule has 0 saturated heterocycles. The van der Waals surface area contributed by atoms with E-state index in [2.05, 4.69) is 31.8 Å². The van der Waals surface area contributed by atoms with Gasteiger partial charge in [-0.1, -0.05) is 34.1 Å². The summed E-state index contributed by atoms with van der Waals surface area (Å²) in [6.07, 6.45) is 1.53. The summed E-state index contributed by atoms with van der Waals surface area (Å²) in [5.74, 6) is -0.00510. The molecule has 3 aromatic rings. The third kappa shape index (κ3) is 5.52. The smallest absolute Gasteiger partial charge is 0.273 e. The molecule has 0 fully saturated rings. The van der Waals surface area contributed by atoms with Crippen LogP contribution in [0.25, 0.3) is 0 Å². The van der Waals surface area contributed by atoms with E-state index in [1.54, 1.807) is 61.7 Å². The van der Waals surface area contributed by atoms with Gasteiger partial charge in [-0.2, -0.15) is 5.10 Å². The highest BCUT2D eigenvalue weighted by Crippen LogP contribution is 2.18. The first kappa shape index (κ1) is 20.3. The molecule has 146 valence electrons. The number of hydrazone groups is 1. The van der Waals surface area contributed by atoms with Gasteiger partial charge in [0.1, 0.15) is 5.75 Å². The van der Waals surface area contributed by atoms with Gasteiger partial charge in [-0.3, -0.25) is 9.59 Å². The van der Waals surface area contributed by atoms with Crippen molar-refractivity contribution >= 4 is 39.6 Å². The van der Waals surface area contributed by atoms with Gasteiger partial charge in [-0.05, 0) is 60.2 Å². The number of ether oxygens (including phenoxy) is 1. The Kier molecular flexibility index (Phi) is 6.76. The Morgan fingerprint density at radius 2 is 1.72 bits per heavy atom. The molecule has 0 aromatic heterocycles. The van der Waals surface area contributed by atoms with Crippen LogP contribution in [0.2, 0.25) is 0 Å². The minimum absolute atomic E-state index is 0.308. The summed E-state index contributed by atoms with van der Waals surface area (Å²) in [5.41, 5.74) is 4.47. The van der Waals surface area contributed by atoms with Crippen LogP contribution in [0.5, 0.6) is 5.75 Å². The maximum absolute atomic E-state index is 12.5. The molecule has 7 heteroatoms. The molecule has 0 radical (unpaired) electrons. The molecule has 3 aromatic carbocycles. The molecule has 0 saturated carbocycles. The van der Waals surface area contributed by atoms with E-state index in [0.717, 1.165) is 15.8 Å². The Bertz CT molecular complexity index is 1050. The topological polar surface area (TPSA) is 79.8 Å². The normalized spacial score (nSPS) is 10.6. The predicted octanol–water partition coefficient (Wildman–Crippen LogP) is 4.47. The highest BCUT2D eigenvalue weighted by atomic mass is 79.9. The molecule has 3 rings (SSSR count). The summed E-state index contributed by atoms with van der Waals surface area (Å²) in [6, 6.07) is 21.0. The van der Waals surface area contributed by atoms with E-state index in [-0.39, 0.29) is 5.91 Å². The number of benzene rings is 3. The SMILES string of the molecule is COc1ccc(C=NNC(=O)c2ccccc2NC(=O)c2cccc(Br)c2)cc1. The van der Waals surface area contributed by atoms with E-state index in [0.29, 0.717) is 16.8 Å². The van der Waals surface area contributed by atoms with Crippen LogP contribution in [0.4, 0.5) is 5.69 Å². The fourth-order valence-corrected chi connectivity index (χ4v) is 2.93. The maximum atomic E-state index is 12.5. The zero-order valence-electron chi connectivity index (χ0n) is 15.6. The van der Waals surface area contributed by atoms with E-state index in [1.165, 1.54) is 6.21 Å². The summed E-state index contributed by atoms with van der Waals surface area (Å²) in [4.78, 5) is 25.0. The van der Waals surface area contributed by atoms with Crippen molar-refractivity contribution in [1.82, 2.24) is 5.43 Å². The lowest BCUT2D eigenvalue weighted by atomic mass is 10.1. The summed E-state index contributed by atoms with van der Waals surface area (Å²) in [5, 5.41) is 6.75. The highest BCUT2D eigenvalue weighted by Gasteiger charge is 2.13. The van der Waals surface area contributed by atoms with Crippen LogP contribution < -0.4 is 15.5 Å². The summed E-state index contributed by atoms with van der Waals surface area (Å²) in [6.45, 7) is 0. The van der Waals surface area contributed by atoms with Gasteiger partial charge < -0.3 is 10.1 Å². The second-order valence-corrected chi connectivity index (χ2v) is 6.90. The lowest BCUT2D eigenvalue weighted by molar-refractivity contribution is 0.0956. The largest absolute Gasteiger partial charge is 0.497 e. The molecule has 0 atom stereocenters. The Morgan fingerprint density at radius 3 is 2.45 bits per heavy atom. The molecule has 2 amide bonds. The van der Waals surface area contributed by atoms with Gasteiger partial charge in [-0.25, -0.2) is 5.43 Å². The lowest BCUT2D eigenvalue weighted by Gasteiger charge is -2.10. The van der Waals surface area contributed by atoms with Crippen LogP contribution in [-0.2, 0) is 0 Å². The van der Waals surface area contributed by atoms with Crippen LogP contribution in [0.15, 0.2) is 82.4 Å². The number of hydrogen-bond donors (Lipinski definition) is 2. The van der Waals surface area contributed by atoms with E-state index in [4.69, 9.17) is 4.74 Å². The van der Waals surface area contributed by atoms with Gasteiger partial charge in [0.25, 0.3) is 11.8 Å². The Hall–Kier alpha value is -3.45. The lowest BCUT2D eigenvalue weighted by Crippen LogP contribution is -2.21. The zero-order valence-corrected chi connectivity index (χ0v) is 17.1. The molecule has 2 N–H and O–H groups in total. The number of para-hydroxylation sites is 1. The molecule has 0 bridgehead atoms. The minimum Gasteiger partial charge on any atom is -0.497 e. The van der Waals surface area contributed by atoms with Crippen molar-refractivity contribution < 1.29 is 14.3 Å². The van der Waals surface area contributed by atoms with Crippen molar-refractivity contribution in [3.8, 4) is 5.75 Å². The van der Waals surface area contributed by atoms with Gasteiger partial charge in [0.2, 0.25) is 0 Å². The van der Waals surface area contributed by atoms with Crippen LogP contribution in [0.1, 0.15) is 26.3 Å². The second kappa shape index (κ2) is 9.66. The standard InChI is InChI=1S/C22H18BrN3O3/c1-29-18-11-9-15(10-12-18)14-24-26-22(28)19-7-2-3-8-20(19)25-21(27)16-5-4-6-17(23)13-16/h2-14H,1H3,(H,25,27)(H,26,28). The highest BCUT2D eigenvalue weighted by molar-refractivity contribution is 9.10. The number of carbonyl (C=O) groups is 2. The minimum atomic E-state index is -0.431. The fourth-order valence-electron chi connectivity index (χ4n) is 2.53. The number of amides is 2. The van der Waals surface area contributed by atoms with Crippen molar-refractivity contribution in [2.45, 2.75) is 0 Å². The van der Waals surface area contributed by atoms with Gasteiger partial charge >= 0.3 is 0 Å². The molecule has 0 spiro atoms. The molecule has 0 aliphatic carbocycles. The average Bonchev–Trinajstić information content (AvgIpc) is 2.74. The molecule has 0 heterocycles. The van der Waals surface area contributed by atoms with E-state index < -0.39 is 5.91 Å². The van der Waals surface area contributed by atoms with Crippen molar-refractivity contribution in [3.63, 3.8) is 0 Å². The fraction of sp³-hybridized carbons (Fsp3) is 0.0455. The third-order valence-electron chi connectivity index (χ3n) is 4.00. The molecular weight excluding hydrogens is 434 g/mol. The predicted molar refractivity (Wildman–Crippen MR) is 117 cm³/mol. The van der Waals surface area contributed by atoms with Crippen molar-refractivity contribution in [1.29, 1.82) is 0 Å². The number of nitrogens with zero attached hydrogens (tertiary/aromatic N) is 1. The Labute approximate surface area is 176 Å². The average molecular weight is 452 g/mol. The third-order valence-corrected chi connectivity index (χ3v) is 4.50. The van der Waals surface area contributed by atoms with E-state index in [1.807, 2.05) is 18.2 Å². The molecule has 6 nitrogen and oxygen atoms in total. The number of hydrogen-bond acceptors (Lipinski definition) is 4. The first-order chi connectivity index (χ1) is 14.1. The van der Waals surface area contributed by atoms with Gasteiger partial charge in [-0.15, -0.1) is 0 Å². The first-order valence-corrected chi connectivity index (χ1v) is 9.49. The van der Waals surface area contributed by atoms with Gasteiger partial charge in [0, 0.05) is 10.0 Å². The number of anilines is 1. The van der Waals surface area contributed by atoms with Gasteiger partial charge in [0.05, 0.1) is 24.6 Å². The first-order valence-electron chi connectivity index (χ1n) is 8.70. The van der Waals surface area contributed by atoms with Crippen molar-refractivity contribution in [2.24, 2.45) is 5.10 Å². The van der Waals surface area contributed by atoms with E-state index in [9.17, 15) is 9.59 Å². The number of methoxy groups -OCH3 is 1. The summed E-state index contributed by atoms with van der Waals surface area (Å²) in [7, 11) is 1.59. The van der Waals surface area contributed by atoms with E-state index >= 15 is 0 Å². The number of halogens is 1. The Balaban J connectivity index is 1.69. The number of nitrogens with one attached hydrogen (secondary N) is 2. The van der Waals surface area contributed by atoms with Crippen molar-refractivity contribution in [3.05, 3.63) is 94.0 Å².